The number of aromatic nitrogens is 2. The van der Waals surface area contributed by atoms with Crippen molar-refractivity contribution in [2.24, 2.45) is 0 Å². The molecule has 0 aliphatic carbocycles. The number of nitrogens with zero attached hydrogens (tertiary/aromatic N) is 3. The molecule has 0 saturated carbocycles. The minimum Gasteiger partial charge on any atom is -0.352 e. The normalized spacial score (nSPS) is 10.5. The van der Waals surface area contributed by atoms with Crippen molar-refractivity contribution >= 4 is 34.2 Å². The molecule has 0 atom stereocenters. The van der Waals surface area contributed by atoms with Gasteiger partial charge in [0.05, 0.1) is 10.3 Å². The number of rotatable bonds is 7. The van der Waals surface area contributed by atoms with Gasteiger partial charge in [0.1, 0.15) is 0 Å². The van der Waals surface area contributed by atoms with Gasteiger partial charge in [0, 0.05) is 42.6 Å². The number of amides is 3. The monoisotopic (exact) mass is 452 g/mol. The summed E-state index contributed by atoms with van der Waals surface area (Å²) in [7, 11) is 0. The number of nitrogens with one attached hydrogen (secondary N) is 3. The third-order valence-corrected chi connectivity index (χ3v) is 4.68. The van der Waals surface area contributed by atoms with Crippen LogP contribution in [0.15, 0.2) is 53.3 Å². The highest BCUT2D eigenvalue weighted by Gasteiger charge is 2.17. The molecule has 0 spiro atoms. The van der Waals surface area contributed by atoms with Crippen LogP contribution < -0.4 is 21.7 Å². The summed E-state index contributed by atoms with van der Waals surface area (Å²) in [6, 6.07) is 11.6. The number of hydrogen-bond acceptors (Lipinski definition) is 7. The van der Waals surface area contributed by atoms with Crippen molar-refractivity contribution in [3.05, 3.63) is 80.3 Å². The van der Waals surface area contributed by atoms with Crippen molar-refractivity contribution in [1.82, 2.24) is 25.9 Å². The van der Waals surface area contributed by atoms with E-state index in [1.807, 2.05) is 0 Å². The fourth-order valence-corrected chi connectivity index (χ4v) is 2.99. The van der Waals surface area contributed by atoms with E-state index in [2.05, 4.69) is 21.3 Å². The van der Waals surface area contributed by atoms with Gasteiger partial charge >= 0.3 is 0 Å². The van der Waals surface area contributed by atoms with E-state index in [1.165, 1.54) is 24.3 Å². The van der Waals surface area contributed by atoms with Gasteiger partial charge in [-0.3, -0.25) is 40.1 Å². The predicted octanol–water partition coefficient (Wildman–Crippen LogP) is 0.906. The Labute approximate surface area is 186 Å². The Morgan fingerprint density at radius 2 is 1.67 bits per heavy atom. The number of hydrogen-bond donors (Lipinski definition) is 3. The second-order valence-corrected chi connectivity index (χ2v) is 6.83. The average Bonchev–Trinajstić information content (AvgIpc) is 2.83. The molecule has 0 fully saturated rings. The zero-order chi connectivity index (χ0) is 24.0. The summed E-state index contributed by atoms with van der Waals surface area (Å²) in [5.74, 6) is -1.77. The van der Waals surface area contributed by atoms with Gasteiger partial charge in [-0.15, -0.1) is 0 Å². The number of aryl methyl sites for hydroxylation is 1. The molecule has 0 aliphatic heterocycles. The zero-order valence-corrected chi connectivity index (χ0v) is 17.5. The summed E-state index contributed by atoms with van der Waals surface area (Å²) in [6.07, 6.45) is -0.137. The van der Waals surface area contributed by atoms with Gasteiger partial charge in [-0.1, -0.05) is 18.2 Å². The fourth-order valence-electron chi connectivity index (χ4n) is 2.99. The van der Waals surface area contributed by atoms with Gasteiger partial charge in [0.15, 0.2) is 5.69 Å². The Morgan fingerprint density at radius 3 is 2.30 bits per heavy atom. The number of carbonyl (C=O) groups excluding carboxylic acids is 3. The number of carbonyl (C=O) groups is 3. The Kier molecular flexibility index (Phi) is 7.08. The van der Waals surface area contributed by atoms with Crippen LogP contribution in [0.1, 0.15) is 34.2 Å². The average molecular weight is 452 g/mol. The summed E-state index contributed by atoms with van der Waals surface area (Å²) < 4.78 is 1.16. The van der Waals surface area contributed by atoms with Gasteiger partial charge in [-0.25, -0.2) is 4.68 Å². The highest BCUT2D eigenvalue weighted by molar-refractivity contribution is 6.05. The van der Waals surface area contributed by atoms with Crippen LogP contribution >= 0.6 is 0 Å². The Balaban J connectivity index is 1.54. The SMILES string of the molecule is CCn1nc(C(=O)NNC(=O)CCNC(=O)c2ccc([N+](=O)[O-])cc2)c2ccccc2c1=O. The molecule has 3 amide bonds. The molecule has 1 aromatic heterocycles. The maximum absolute atomic E-state index is 12.6. The molecule has 0 saturated heterocycles. The molecule has 0 unspecified atom stereocenters. The number of nitro benzene ring substituents is 1. The largest absolute Gasteiger partial charge is 0.352 e. The standard InChI is InChI=1S/C21H20N6O6/c1-2-26-21(31)16-6-4-3-5-15(16)18(25-26)20(30)24-23-17(28)11-12-22-19(29)13-7-9-14(10-8-13)27(32)33/h3-10H,2,11-12H2,1H3,(H,22,29)(H,23,28)(H,24,30). The smallest absolute Gasteiger partial charge is 0.290 e. The van der Waals surface area contributed by atoms with Gasteiger partial charge in [-0.2, -0.15) is 5.10 Å². The molecule has 2 aromatic carbocycles. The van der Waals surface area contributed by atoms with Crippen LogP contribution in [0.4, 0.5) is 5.69 Å². The molecule has 170 valence electrons. The highest BCUT2D eigenvalue weighted by atomic mass is 16.6. The first-order chi connectivity index (χ1) is 15.8. The third kappa shape index (κ3) is 5.36. The van der Waals surface area contributed by atoms with Crippen molar-refractivity contribution < 1.29 is 19.3 Å². The summed E-state index contributed by atoms with van der Waals surface area (Å²) in [5, 5.41) is 17.9. The van der Waals surface area contributed by atoms with Crippen LogP contribution in [0.3, 0.4) is 0 Å². The fraction of sp³-hybridized carbons (Fsp3) is 0.190. The quantitative estimate of drug-likeness (QED) is 0.354. The second-order valence-electron chi connectivity index (χ2n) is 6.83. The van der Waals surface area contributed by atoms with Crippen LogP contribution in [-0.4, -0.2) is 39.0 Å². The molecular weight excluding hydrogens is 432 g/mol. The molecule has 0 radical (unpaired) electrons. The summed E-state index contributed by atoms with van der Waals surface area (Å²) >= 11 is 0. The number of benzene rings is 2. The number of nitro groups is 1. The topological polar surface area (TPSA) is 165 Å². The number of non-ortho nitro benzene ring substituents is 1. The van der Waals surface area contributed by atoms with Crippen molar-refractivity contribution in [3.8, 4) is 0 Å². The minimum absolute atomic E-state index is 0.0150. The van der Waals surface area contributed by atoms with Crippen LogP contribution in [0, 0.1) is 10.1 Å². The van der Waals surface area contributed by atoms with Crippen LogP contribution in [0.5, 0.6) is 0 Å². The van der Waals surface area contributed by atoms with E-state index in [4.69, 9.17) is 0 Å². The lowest BCUT2D eigenvalue weighted by molar-refractivity contribution is -0.384. The lowest BCUT2D eigenvalue weighted by Gasteiger charge is -2.11. The van der Waals surface area contributed by atoms with Gasteiger partial charge in [0.2, 0.25) is 5.91 Å². The first-order valence-corrected chi connectivity index (χ1v) is 9.93. The van der Waals surface area contributed by atoms with Gasteiger partial charge in [-0.05, 0) is 25.1 Å². The van der Waals surface area contributed by atoms with E-state index in [0.717, 1.165) is 4.68 Å². The number of fused-ring (bicyclic) bond motifs is 1. The molecule has 12 heteroatoms. The third-order valence-electron chi connectivity index (χ3n) is 4.68. The molecule has 3 aromatic rings. The summed E-state index contributed by atoms with van der Waals surface area (Å²) in [4.78, 5) is 59.1. The highest BCUT2D eigenvalue weighted by Crippen LogP contribution is 2.13. The molecule has 0 bridgehead atoms. The second kappa shape index (κ2) is 10.1. The summed E-state index contributed by atoms with van der Waals surface area (Å²) in [6.45, 7) is 1.96. The van der Waals surface area contributed by atoms with Crippen molar-refractivity contribution in [3.63, 3.8) is 0 Å². The van der Waals surface area contributed by atoms with E-state index >= 15 is 0 Å². The van der Waals surface area contributed by atoms with Crippen LogP contribution in [-0.2, 0) is 11.3 Å². The van der Waals surface area contributed by atoms with E-state index in [-0.39, 0.29) is 42.0 Å². The first-order valence-electron chi connectivity index (χ1n) is 9.93. The summed E-state index contributed by atoms with van der Waals surface area (Å²) in [5.41, 5.74) is 4.22. The maximum Gasteiger partial charge on any atom is 0.290 e. The molecule has 1 heterocycles. The predicted molar refractivity (Wildman–Crippen MR) is 117 cm³/mol. The van der Waals surface area contributed by atoms with Crippen molar-refractivity contribution in [1.29, 1.82) is 0 Å². The van der Waals surface area contributed by atoms with Crippen LogP contribution in [0.2, 0.25) is 0 Å². The van der Waals surface area contributed by atoms with Gasteiger partial charge < -0.3 is 5.32 Å². The molecule has 33 heavy (non-hydrogen) atoms. The lowest BCUT2D eigenvalue weighted by atomic mass is 10.1. The van der Waals surface area contributed by atoms with Gasteiger partial charge in [0.25, 0.3) is 23.1 Å². The Morgan fingerprint density at radius 1 is 1.00 bits per heavy atom. The molecular formula is C21H20N6O6. The van der Waals surface area contributed by atoms with E-state index in [9.17, 15) is 29.3 Å². The first kappa shape index (κ1) is 23.1. The lowest BCUT2D eigenvalue weighted by Crippen LogP contribution is -2.43. The molecule has 0 aliphatic rings. The van der Waals surface area contributed by atoms with E-state index in [0.29, 0.717) is 10.8 Å². The van der Waals surface area contributed by atoms with E-state index < -0.39 is 22.6 Å². The molecule has 3 rings (SSSR count). The number of hydrazine groups is 1. The zero-order valence-electron chi connectivity index (χ0n) is 17.5. The van der Waals surface area contributed by atoms with E-state index in [1.54, 1.807) is 31.2 Å². The van der Waals surface area contributed by atoms with Crippen molar-refractivity contribution in [2.45, 2.75) is 19.9 Å². The van der Waals surface area contributed by atoms with Crippen LogP contribution in [0.25, 0.3) is 10.8 Å². The Hall–Kier alpha value is -4.61. The maximum atomic E-state index is 12.6. The molecule has 3 N–H and O–H groups in total. The Bertz CT molecular complexity index is 1280. The van der Waals surface area contributed by atoms with Crippen molar-refractivity contribution in [2.75, 3.05) is 6.54 Å². The minimum atomic E-state index is -0.698. The molecule has 12 nitrogen and oxygen atoms in total.